The Morgan fingerprint density at radius 2 is 2.05 bits per heavy atom. The van der Waals surface area contributed by atoms with Gasteiger partial charge in [0.05, 0.1) is 23.3 Å². The molecular weight excluding hydrogens is 288 g/mol. The minimum atomic E-state index is -1.49. The Morgan fingerprint density at radius 3 is 2.67 bits per heavy atom. The van der Waals surface area contributed by atoms with Gasteiger partial charge in [0, 0.05) is 11.3 Å². The lowest BCUT2D eigenvalue weighted by Crippen LogP contribution is -2.32. The highest BCUT2D eigenvalue weighted by Gasteiger charge is 2.79. The van der Waals surface area contributed by atoms with Crippen molar-refractivity contribution in [3.63, 3.8) is 0 Å². The Kier molecular flexibility index (Phi) is 3.48. The number of hydrogen-bond donors (Lipinski definition) is 0. The van der Waals surface area contributed by atoms with Gasteiger partial charge >= 0.3 is 5.97 Å². The molecule has 2 saturated carbocycles. The molecule has 21 heavy (non-hydrogen) atoms. The summed E-state index contributed by atoms with van der Waals surface area (Å²) >= 11 is 0. The highest BCUT2D eigenvalue weighted by Crippen LogP contribution is 2.64. The summed E-state index contributed by atoms with van der Waals surface area (Å²) in [6.45, 7) is 3.97. The predicted octanol–water partition coefficient (Wildman–Crippen LogP) is 2.01. The maximum absolute atomic E-state index is 12.9. The Balaban J connectivity index is 1.94. The molecule has 0 unspecified atom stereocenters. The van der Waals surface area contributed by atoms with E-state index in [0.29, 0.717) is 17.7 Å². The van der Waals surface area contributed by atoms with Crippen molar-refractivity contribution in [2.24, 2.45) is 11.8 Å². The Bertz CT molecular complexity index is 622. The van der Waals surface area contributed by atoms with Crippen molar-refractivity contribution >= 4 is 22.6 Å². The molecule has 2 aliphatic rings. The first kappa shape index (κ1) is 14.4. The molecule has 0 amide bonds. The molecule has 3 rings (SSSR count). The molecule has 2 aliphatic carbocycles. The van der Waals surface area contributed by atoms with E-state index >= 15 is 0 Å². The Hall–Kier alpha value is -1.49. The molecule has 4 atom stereocenters. The molecule has 0 aromatic heterocycles. The van der Waals surface area contributed by atoms with E-state index in [1.165, 1.54) is 0 Å². The maximum atomic E-state index is 12.9. The molecule has 0 aliphatic heterocycles. The number of ketones is 1. The van der Waals surface area contributed by atoms with Gasteiger partial charge in [-0.05, 0) is 38.3 Å². The second kappa shape index (κ2) is 5.05. The zero-order valence-electron chi connectivity index (χ0n) is 12.1. The average Bonchev–Trinajstić information content (AvgIpc) is 3.04. The summed E-state index contributed by atoms with van der Waals surface area (Å²) in [5.41, 5.74) is 1.07. The molecule has 112 valence electrons. The van der Waals surface area contributed by atoms with E-state index in [-0.39, 0.29) is 24.3 Å². The number of benzene rings is 1. The largest absolute Gasteiger partial charge is 0.466 e. The summed E-state index contributed by atoms with van der Waals surface area (Å²) < 4.78 is 17.0. The van der Waals surface area contributed by atoms with Crippen LogP contribution in [0.3, 0.4) is 0 Å². The van der Waals surface area contributed by atoms with Gasteiger partial charge in [0.15, 0.2) is 5.78 Å². The van der Waals surface area contributed by atoms with Gasteiger partial charge in [0.1, 0.15) is 4.75 Å². The fourth-order valence-corrected chi connectivity index (χ4v) is 5.50. The molecule has 5 heteroatoms. The van der Waals surface area contributed by atoms with Crippen LogP contribution in [0.15, 0.2) is 29.2 Å². The van der Waals surface area contributed by atoms with Crippen LogP contribution in [0.2, 0.25) is 0 Å². The van der Waals surface area contributed by atoms with E-state index in [9.17, 15) is 13.8 Å². The van der Waals surface area contributed by atoms with Gasteiger partial charge < -0.3 is 4.74 Å². The van der Waals surface area contributed by atoms with Crippen molar-refractivity contribution < 1.29 is 18.5 Å². The number of hydrogen-bond acceptors (Lipinski definition) is 4. The van der Waals surface area contributed by atoms with Crippen LogP contribution >= 0.6 is 0 Å². The first-order chi connectivity index (χ1) is 10.0. The third kappa shape index (κ3) is 1.98. The summed E-state index contributed by atoms with van der Waals surface area (Å²) in [6, 6.07) is 7.31. The first-order valence-corrected chi connectivity index (χ1v) is 8.37. The number of aryl methyl sites for hydroxylation is 1. The van der Waals surface area contributed by atoms with Gasteiger partial charge in [-0.1, -0.05) is 17.7 Å². The molecule has 0 N–H and O–H groups in total. The van der Waals surface area contributed by atoms with Crippen LogP contribution in [-0.4, -0.2) is 27.3 Å². The van der Waals surface area contributed by atoms with Crippen molar-refractivity contribution in [1.82, 2.24) is 0 Å². The van der Waals surface area contributed by atoms with Crippen LogP contribution in [-0.2, 0) is 25.1 Å². The number of esters is 1. The lowest BCUT2D eigenvalue weighted by Gasteiger charge is -2.13. The second-order valence-corrected chi connectivity index (χ2v) is 7.36. The van der Waals surface area contributed by atoms with Crippen molar-refractivity contribution in [2.75, 3.05) is 6.61 Å². The van der Waals surface area contributed by atoms with Crippen molar-refractivity contribution in [3.05, 3.63) is 29.8 Å². The lowest BCUT2D eigenvalue weighted by molar-refractivity contribution is -0.146. The fraction of sp³-hybridized carbons (Fsp3) is 0.500. The topological polar surface area (TPSA) is 60.4 Å². The van der Waals surface area contributed by atoms with Crippen LogP contribution in [0.25, 0.3) is 0 Å². The van der Waals surface area contributed by atoms with Gasteiger partial charge in [-0.2, -0.15) is 0 Å². The number of Topliss-reactive ketones (excluding diaryl/α,β-unsaturated/α-hetero) is 1. The third-order valence-electron chi connectivity index (χ3n) is 4.51. The minimum Gasteiger partial charge on any atom is -0.466 e. The normalized spacial score (nSPS) is 31.6. The summed E-state index contributed by atoms with van der Waals surface area (Å²) in [4.78, 5) is 25.0. The van der Waals surface area contributed by atoms with Gasteiger partial charge in [-0.3, -0.25) is 13.8 Å². The molecule has 1 aromatic carbocycles. The summed E-state index contributed by atoms with van der Waals surface area (Å²) in [5.74, 6) is -1.08. The number of fused-ring (bicyclic) bond motifs is 1. The molecule has 0 radical (unpaired) electrons. The summed E-state index contributed by atoms with van der Waals surface area (Å²) in [6.07, 6.45) is 1.05. The monoisotopic (exact) mass is 306 g/mol. The van der Waals surface area contributed by atoms with Crippen molar-refractivity contribution in [3.8, 4) is 0 Å². The number of carbonyl (C=O) groups is 2. The first-order valence-electron chi connectivity index (χ1n) is 7.22. The molecule has 1 aromatic rings. The predicted molar refractivity (Wildman–Crippen MR) is 78.2 cm³/mol. The molecule has 0 saturated heterocycles. The zero-order valence-corrected chi connectivity index (χ0v) is 12.9. The van der Waals surface area contributed by atoms with Crippen LogP contribution < -0.4 is 0 Å². The Morgan fingerprint density at radius 1 is 1.38 bits per heavy atom. The highest BCUT2D eigenvalue weighted by molar-refractivity contribution is 7.87. The van der Waals surface area contributed by atoms with E-state index in [4.69, 9.17) is 4.74 Å². The van der Waals surface area contributed by atoms with E-state index in [1.807, 2.05) is 19.1 Å². The van der Waals surface area contributed by atoms with Crippen LogP contribution in [0.1, 0.15) is 25.3 Å². The van der Waals surface area contributed by atoms with E-state index in [1.54, 1.807) is 19.1 Å². The minimum absolute atomic E-state index is 0.0514. The van der Waals surface area contributed by atoms with E-state index < -0.39 is 21.5 Å². The Labute approximate surface area is 126 Å². The van der Waals surface area contributed by atoms with Crippen LogP contribution in [0.5, 0.6) is 0 Å². The quantitative estimate of drug-likeness (QED) is 0.798. The van der Waals surface area contributed by atoms with Gasteiger partial charge in [-0.25, -0.2) is 0 Å². The number of ether oxygens (including phenoxy) is 1. The average molecular weight is 306 g/mol. The molecule has 0 heterocycles. The smallest absolute Gasteiger partial charge is 0.311 e. The molecule has 2 fully saturated rings. The van der Waals surface area contributed by atoms with E-state index in [0.717, 1.165) is 5.56 Å². The summed E-state index contributed by atoms with van der Waals surface area (Å²) in [5, 5.41) is 0. The number of rotatable bonds is 4. The van der Waals surface area contributed by atoms with Crippen LogP contribution in [0.4, 0.5) is 0 Å². The lowest BCUT2D eigenvalue weighted by atomic mass is 10.1. The molecule has 0 spiro atoms. The van der Waals surface area contributed by atoms with Gasteiger partial charge in [-0.15, -0.1) is 0 Å². The second-order valence-electron chi connectivity index (χ2n) is 5.67. The molecule has 4 nitrogen and oxygen atoms in total. The summed E-state index contributed by atoms with van der Waals surface area (Å²) in [7, 11) is -1.49. The van der Waals surface area contributed by atoms with E-state index in [2.05, 4.69) is 0 Å². The molecular formula is C16H18O4S. The van der Waals surface area contributed by atoms with Crippen molar-refractivity contribution in [1.29, 1.82) is 0 Å². The zero-order chi connectivity index (χ0) is 15.2. The van der Waals surface area contributed by atoms with Gasteiger partial charge in [0.2, 0.25) is 0 Å². The number of carbonyl (C=O) groups excluding carboxylic acids is 2. The highest BCUT2D eigenvalue weighted by atomic mass is 32.2. The molecule has 0 bridgehead atoms. The maximum Gasteiger partial charge on any atom is 0.311 e. The van der Waals surface area contributed by atoms with Crippen molar-refractivity contribution in [2.45, 2.75) is 36.3 Å². The van der Waals surface area contributed by atoms with Gasteiger partial charge in [0.25, 0.3) is 0 Å². The third-order valence-corrected chi connectivity index (χ3v) is 6.60. The van der Waals surface area contributed by atoms with Crippen LogP contribution in [0, 0.1) is 18.8 Å². The SMILES string of the molecule is CCOC(=O)[C@H]1[C@@H]2CCC(=O)[C@@]21[S@](=O)c1ccc(C)cc1. The fourth-order valence-electron chi connectivity index (χ4n) is 3.46. The standard InChI is InChI=1S/C16H18O4S/c1-3-20-15(18)14-12-8-9-13(17)16(12,14)21(19)11-6-4-10(2)5-7-11/h4-7,12,14H,3,8-9H2,1-2H3/t12-,14+,16-,21+/m0/s1.